The first-order chi connectivity index (χ1) is 54.4. The number of rotatable bonds is 14. The van der Waals surface area contributed by atoms with E-state index in [1.165, 1.54) is 151 Å². The van der Waals surface area contributed by atoms with Crippen molar-refractivity contribution in [3.8, 4) is 6.07 Å². The van der Waals surface area contributed by atoms with Gasteiger partial charge in [0.2, 0.25) is 0 Å². The zero-order chi connectivity index (χ0) is 85.3. The number of allylic oxidation sites excluding steroid dienone is 7. The second-order valence-corrected chi connectivity index (χ2v) is 68.1. The van der Waals surface area contributed by atoms with Crippen molar-refractivity contribution in [3.63, 3.8) is 0 Å². The topological polar surface area (TPSA) is 98.1 Å². The average Bonchev–Trinajstić information content (AvgIpc) is 1.13. The Kier molecular flexibility index (Phi) is 25.0. The molecule has 8 aliphatic heterocycles. The Balaban J connectivity index is 0.000000146. The smallest absolute Gasteiger partial charge is 0.269 e. The third-order valence-electron chi connectivity index (χ3n) is 28.5. The van der Waals surface area contributed by atoms with Crippen molar-refractivity contribution in [3.05, 3.63) is 206 Å². The molecule has 9 heterocycles. The van der Waals surface area contributed by atoms with Crippen LogP contribution in [0.5, 0.6) is 0 Å². The molecule has 1 aromatic heterocycles. The van der Waals surface area contributed by atoms with Gasteiger partial charge in [0, 0.05) is 112 Å². The number of fused-ring (bicyclic) bond motifs is 5. The maximum atomic E-state index is 11.6. The van der Waals surface area contributed by atoms with Gasteiger partial charge in [-0.3, -0.25) is 4.79 Å². The fourth-order valence-corrected chi connectivity index (χ4v) is 32.5. The zero-order valence-electron chi connectivity index (χ0n) is 77.3. The summed E-state index contributed by atoms with van der Waals surface area (Å²) >= 11 is 0. The number of carbonyl (C=O) groups excluding carboxylic acids is 1. The number of anilines is 4. The maximum absolute atomic E-state index is 11.6. The van der Waals surface area contributed by atoms with E-state index in [0.717, 1.165) is 99.5 Å². The van der Waals surface area contributed by atoms with Gasteiger partial charge in [-0.05, 0) is 269 Å². The molecule has 117 heavy (non-hydrogen) atoms. The van der Waals surface area contributed by atoms with Crippen LogP contribution in [-0.4, -0.2) is 99.4 Å². The Morgan fingerprint density at radius 3 is 1.44 bits per heavy atom. The van der Waals surface area contributed by atoms with Crippen LogP contribution in [0.2, 0.25) is 103 Å². The van der Waals surface area contributed by atoms with Gasteiger partial charge in [-0.25, -0.2) is 14.8 Å². The van der Waals surface area contributed by atoms with E-state index in [2.05, 4.69) is 301 Å². The molecule has 0 N–H and O–H groups in total. The second-order valence-electron chi connectivity index (χ2n) is 46.2. The molecule has 2 bridgehead atoms. The molecular weight excluding hydrogens is 1500 g/mol. The number of benzene rings is 5. The molecule has 3 fully saturated rings. The summed E-state index contributed by atoms with van der Waals surface area (Å²) in [4.78, 5) is 25.4. The Morgan fingerprint density at radius 2 is 0.949 bits per heavy atom. The van der Waals surface area contributed by atoms with Gasteiger partial charge in [-0.1, -0.05) is 227 Å². The molecule has 0 spiro atoms. The van der Waals surface area contributed by atoms with Crippen LogP contribution in [0.4, 0.5) is 22.7 Å². The lowest BCUT2D eigenvalue weighted by Crippen LogP contribution is -2.47. The normalized spacial score (nSPS) is 25.8. The molecular formula is C102H147N9O2Si4. The Hall–Kier alpha value is -7.28. The van der Waals surface area contributed by atoms with Gasteiger partial charge < -0.3 is 24.3 Å². The van der Waals surface area contributed by atoms with E-state index in [0.29, 0.717) is 21.8 Å². The highest BCUT2D eigenvalue weighted by Crippen LogP contribution is 2.62. The minimum absolute atomic E-state index is 0.0150. The quantitative estimate of drug-likeness (QED) is 0.0347. The van der Waals surface area contributed by atoms with Crippen molar-refractivity contribution in [2.24, 2.45) is 10.8 Å². The van der Waals surface area contributed by atoms with Crippen molar-refractivity contribution < 1.29 is 9.53 Å². The van der Waals surface area contributed by atoms with E-state index in [-0.39, 0.29) is 38.2 Å². The molecule has 3 atom stereocenters. The highest BCUT2D eigenvalue weighted by molar-refractivity contribution is 6.77. The van der Waals surface area contributed by atoms with E-state index >= 15 is 0 Å². The number of para-hydroxylation sites is 3. The van der Waals surface area contributed by atoms with Gasteiger partial charge in [0.25, 0.3) is 5.70 Å². The van der Waals surface area contributed by atoms with Gasteiger partial charge in [-0.2, -0.15) is 0 Å². The lowest BCUT2D eigenvalue weighted by molar-refractivity contribution is -0.00270. The first kappa shape index (κ1) is 89.0. The minimum Gasteiger partial charge on any atom is -0.461 e. The summed E-state index contributed by atoms with van der Waals surface area (Å²) in [5.74, 6) is 1.69. The molecule has 3 aliphatic carbocycles. The first-order valence-corrected chi connectivity index (χ1v) is 59.6. The summed E-state index contributed by atoms with van der Waals surface area (Å²) in [7, 11) is -4.38. The van der Waals surface area contributed by atoms with E-state index in [9.17, 15) is 10.1 Å². The van der Waals surface area contributed by atoms with Crippen LogP contribution < -0.4 is 19.6 Å². The van der Waals surface area contributed by atoms with Crippen LogP contribution >= 0.6 is 0 Å². The summed E-state index contributed by atoms with van der Waals surface area (Å²) in [6.07, 6.45) is 24.8. The Morgan fingerprint density at radius 1 is 0.513 bits per heavy atom. The molecule has 0 radical (unpaired) electrons. The first-order valence-electron chi connectivity index (χ1n) is 44.7. The molecule has 0 saturated heterocycles. The number of carbonyl (C=O) groups is 1. The van der Waals surface area contributed by atoms with Crippen molar-refractivity contribution >= 4 is 78.4 Å². The predicted molar refractivity (Wildman–Crippen MR) is 510 cm³/mol. The maximum Gasteiger partial charge on any atom is 0.269 e. The standard InChI is InChI=1S/C38H49N3OSi.C20H31NOSi.C19H31NSi.C18H20N4.C7H16Si/c1-35(2)17-19-41-20-18-37(4,26-43(6,7)8)31-22-27(21-30(35)34(31)41)9-10-29-23-28(32(25-39)40-5)24-33(42-29)38-14-11-36(3,12-15-38)13-16-38;1-19(2)7-9-21-10-8-20(3,14-23(4,5)6)17-12-15(13-22)11-16(19)18(17)21;1-18(2)10-12-20-13-11-19(3,14-21(4,5)6)16-9-7-8-15(18)17(16)20;1-18(2)11-12-21(16-9-5-3-7-14(16)18)13-22-17-10-6-4-8-15(17)19-20-22;1-7(2)6-8(3,4)5/h9-10,21-24H,11-20,26H2,1-4,6-8H3;11-13H,7-10,14H2,1-6H3;7-9H,10-14H2,1-6H3;3-10H,11-13H2,1-2H3;1,6H2,2-5H3/b10-9+,32-28+;;;;. The van der Waals surface area contributed by atoms with Crippen molar-refractivity contribution in [2.75, 3.05) is 65.4 Å². The summed E-state index contributed by atoms with van der Waals surface area (Å²) in [5, 5.41) is 18.3. The molecule has 15 heteroatoms. The highest BCUT2D eigenvalue weighted by Gasteiger charge is 2.51. The molecule has 17 rings (SSSR count). The number of ether oxygens (including phenoxy) is 1. The molecule has 3 saturated carbocycles. The summed E-state index contributed by atoms with van der Waals surface area (Å²) in [6.45, 7) is 80.9. The molecule has 5 aromatic carbocycles. The van der Waals surface area contributed by atoms with Crippen LogP contribution in [0.15, 0.2) is 144 Å². The summed E-state index contributed by atoms with van der Waals surface area (Å²) < 4.78 is 8.69. The summed E-state index contributed by atoms with van der Waals surface area (Å²) in [6, 6.07) is 40.6. The number of hydrogen-bond donors (Lipinski definition) is 0. The minimum atomic E-state index is -1.31. The fourth-order valence-electron chi connectivity index (χ4n) is 22.6. The molecule has 0 amide bonds. The predicted octanol–water partition coefficient (Wildman–Crippen LogP) is 26.7. The van der Waals surface area contributed by atoms with Crippen LogP contribution in [-0.2, 0) is 49.3 Å². The fraction of sp³-hybridized carbons (Fsp3) is 0.578. The molecule has 6 aromatic rings. The van der Waals surface area contributed by atoms with E-state index in [1.807, 2.05) is 35.0 Å². The second kappa shape index (κ2) is 32.9. The monoisotopic (exact) mass is 1640 g/mol. The van der Waals surface area contributed by atoms with Crippen molar-refractivity contribution in [1.82, 2.24) is 15.0 Å². The van der Waals surface area contributed by atoms with E-state index < -0.39 is 32.3 Å². The zero-order valence-corrected chi connectivity index (χ0v) is 81.3. The van der Waals surface area contributed by atoms with Crippen LogP contribution in [0.25, 0.3) is 22.0 Å². The highest BCUT2D eigenvalue weighted by atomic mass is 28.3. The van der Waals surface area contributed by atoms with Gasteiger partial charge in [0.1, 0.15) is 30.0 Å². The van der Waals surface area contributed by atoms with Crippen molar-refractivity contribution in [1.29, 1.82) is 5.26 Å². The molecule has 628 valence electrons. The molecule has 3 unspecified atom stereocenters. The molecule has 11 aliphatic rings. The largest absolute Gasteiger partial charge is 0.461 e. The number of aldehydes is 1. The third kappa shape index (κ3) is 19.7. The van der Waals surface area contributed by atoms with Gasteiger partial charge in [0.05, 0.1) is 18.2 Å². The van der Waals surface area contributed by atoms with Gasteiger partial charge in [-0.15, -0.1) is 11.7 Å². The van der Waals surface area contributed by atoms with Gasteiger partial charge >= 0.3 is 0 Å². The number of nitrogens with zero attached hydrogens (tertiary/aromatic N) is 9. The van der Waals surface area contributed by atoms with E-state index in [4.69, 9.17) is 11.3 Å². The van der Waals surface area contributed by atoms with Gasteiger partial charge in [0.15, 0.2) is 0 Å². The summed E-state index contributed by atoms with van der Waals surface area (Å²) in [5.41, 5.74) is 24.8. The molecule has 11 nitrogen and oxygen atoms in total. The van der Waals surface area contributed by atoms with Crippen LogP contribution in [0, 0.1) is 28.7 Å². The lowest BCUT2D eigenvalue weighted by Gasteiger charge is -2.52. The van der Waals surface area contributed by atoms with E-state index in [1.54, 1.807) is 16.8 Å². The van der Waals surface area contributed by atoms with Crippen LogP contribution in [0.1, 0.15) is 228 Å². The number of nitriles is 1. The number of hydrogen-bond acceptors (Lipinski definition) is 9. The Labute approximate surface area is 712 Å². The number of aromatic nitrogens is 3. The third-order valence-corrected chi connectivity index (χ3v) is 35.7. The lowest BCUT2D eigenvalue weighted by atomic mass is 9.53. The average molecular weight is 1640 g/mol. The van der Waals surface area contributed by atoms with Crippen LogP contribution in [0.3, 0.4) is 0 Å². The Bertz CT molecular complexity index is 4910. The SMILES string of the molecule is C=C(C)C[Si](C)(C)C.CC1(C)CCN(Cn2nnc3ccccc32)c2ccccc21.CC1(C)CCN2CCC(C)(C[Si](C)(C)C)c3cc(C=O)cc1c32.CC1(C)CCN2CCC(C)(C[Si](C)(C)C)c3cccc1c32.[C-]#[N+]/C(C#N)=C1C=C(/C=C/c2cc3c4c(c2)C(C)(C[Si](C)(C)C)CCN4CCC3(C)C)OC(C23CCC(C)(CC2)CC3)=C\1. The van der Waals surface area contributed by atoms with Crippen molar-refractivity contribution in [2.45, 2.75) is 321 Å².